The average Bonchev–Trinajstić information content (AvgIpc) is 2.35. The molecule has 16 heavy (non-hydrogen) atoms. The molecule has 0 aromatic heterocycles. The lowest BCUT2D eigenvalue weighted by Gasteiger charge is -2.11. The third-order valence-electron chi connectivity index (χ3n) is 2.94. The van der Waals surface area contributed by atoms with E-state index in [0.29, 0.717) is 5.92 Å². The summed E-state index contributed by atoms with van der Waals surface area (Å²) >= 11 is 0. The van der Waals surface area contributed by atoms with Gasteiger partial charge in [0.15, 0.2) is 5.78 Å². The Morgan fingerprint density at radius 3 is 2.44 bits per heavy atom. The molecule has 0 heterocycles. The molecular formula is C15H20O. The topological polar surface area (TPSA) is 17.1 Å². The van der Waals surface area contributed by atoms with E-state index in [2.05, 4.69) is 13.8 Å². The van der Waals surface area contributed by atoms with Crippen molar-refractivity contribution in [2.24, 2.45) is 5.92 Å². The zero-order valence-electron chi connectivity index (χ0n) is 10.4. The Kier molecular flexibility index (Phi) is 4.97. The maximum absolute atomic E-state index is 12.2. The number of Topliss-reactive ketones (excluding diaryl/α,β-unsaturated/α-hetero) is 1. The summed E-state index contributed by atoms with van der Waals surface area (Å²) in [6.07, 6.45) is 3.93. The molecule has 0 aliphatic rings. The van der Waals surface area contributed by atoms with Crippen LogP contribution in [0.25, 0.3) is 0 Å². The van der Waals surface area contributed by atoms with Gasteiger partial charge in [0.05, 0.1) is 0 Å². The number of hydrogen-bond donors (Lipinski definition) is 0. The van der Waals surface area contributed by atoms with Crippen molar-refractivity contribution in [1.29, 1.82) is 0 Å². The smallest absolute Gasteiger partial charge is 0.188 e. The van der Waals surface area contributed by atoms with Gasteiger partial charge < -0.3 is 0 Å². The van der Waals surface area contributed by atoms with Crippen LogP contribution in [0.5, 0.6) is 0 Å². The minimum Gasteiger partial charge on any atom is -0.289 e. The van der Waals surface area contributed by atoms with Crippen molar-refractivity contribution in [2.75, 3.05) is 0 Å². The summed E-state index contributed by atoms with van der Waals surface area (Å²) in [4.78, 5) is 12.2. The SMILES string of the molecule is C/C=C(\CC(C)CC)C(=O)c1ccccc1. The summed E-state index contributed by atoms with van der Waals surface area (Å²) in [5.74, 6) is 0.738. The Morgan fingerprint density at radius 2 is 1.94 bits per heavy atom. The fourth-order valence-corrected chi connectivity index (χ4v) is 1.64. The number of rotatable bonds is 5. The van der Waals surface area contributed by atoms with Gasteiger partial charge in [-0.3, -0.25) is 4.79 Å². The van der Waals surface area contributed by atoms with Gasteiger partial charge >= 0.3 is 0 Å². The largest absolute Gasteiger partial charge is 0.289 e. The van der Waals surface area contributed by atoms with Gasteiger partial charge in [-0.2, -0.15) is 0 Å². The van der Waals surface area contributed by atoms with E-state index in [0.717, 1.165) is 24.0 Å². The molecule has 1 atom stereocenters. The number of carbonyl (C=O) groups is 1. The van der Waals surface area contributed by atoms with Crippen LogP contribution in [0.15, 0.2) is 42.0 Å². The molecule has 0 aliphatic carbocycles. The van der Waals surface area contributed by atoms with Crippen molar-refractivity contribution in [2.45, 2.75) is 33.6 Å². The number of ketones is 1. The Hall–Kier alpha value is -1.37. The molecular weight excluding hydrogens is 196 g/mol. The zero-order valence-corrected chi connectivity index (χ0v) is 10.4. The highest BCUT2D eigenvalue weighted by molar-refractivity contribution is 6.08. The maximum atomic E-state index is 12.2. The summed E-state index contributed by atoms with van der Waals surface area (Å²) in [7, 11) is 0. The number of benzene rings is 1. The van der Waals surface area contributed by atoms with E-state index in [1.165, 1.54) is 0 Å². The van der Waals surface area contributed by atoms with E-state index in [1.54, 1.807) is 0 Å². The van der Waals surface area contributed by atoms with Crippen molar-refractivity contribution in [1.82, 2.24) is 0 Å². The van der Waals surface area contributed by atoms with Gasteiger partial charge in [-0.1, -0.05) is 56.7 Å². The standard InChI is InChI=1S/C15H20O/c1-4-12(3)11-13(5-2)15(16)14-9-7-6-8-10-14/h5-10,12H,4,11H2,1-3H3/b13-5+. The summed E-state index contributed by atoms with van der Waals surface area (Å²) in [6, 6.07) is 9.50. The molecule has 1 heteroatoms. The van der Waals surface area contributed by atoms with Gasteiger partial charge in [0.1, 0.15) is 0 Å². The van der Waals surface area contributed by atoms with E-state index in [1.807, 2.05) is 43.3 Å². The Bertz CT molecular complexity index is 362. The van der Waals surface area contributed by atoms with E-state index in [9.17, 15) is 4.79 Å². The second kappa shape index (κ2) is 6.26. The molecule has 0 spiro atoms. The van der Waals surface area contributed by atoms with Crippen molar-refractivity contribution in [3.05, 3.63) is 47.5 Å². The highest BCUT2D eigenvalue weighted by Crippen LogP contribution is 2.18. The molecule has 1 nitrogen and oxygen atoms in total. The van der Waals surface area contributed by atoms with Gasteiger partial charge in [0.2, 0.25) is 0 Å². The van der Waals surface area contributed by atoms with Crippen LogP contribution in [-0.2, 0) is 0 Å². The minimum absolute atomic E-state index is 0.170. The zero-order chi connectivity index (χ0) is 12.0. The summed E-state index contributed by atoms with van der Waals surface area (Å²) in [5, 5.41) is 0. The second-order valence-electron chi connectivity index (χ2n) is 4.23. The Labute approximate surface area is 98.2 Å². The van der Waals surface area contributed by atoms with Gasteiger partial charge in [0, 0.05) is 5.56 Å². The highest BCUT2D eigenvalue weighted by atomic mass is 16.1. The van der Waals surface area contributed by atoms with Crippen molar-refractivity contribution in [3.8, 4) is 0 Å². The van der Waals surface area contributed by atoms with E-state index in [-0.39, 0.29) is 5.78 Å². The van der Waals surface area contributed by atoms with Gasteiger partial charge in [-0.25, -0.2) is 0 Å². The summed E-state index contributed by atoms with van der Waals surface area (Å²) in [6.45, 7) is 6.28. The van der Waals surface area contributed by atoms with Crippen LogP contribution in [0.4, 0.5) is 0 Å². The molecule has 0 amide bonds. The monoisotopic (exact) mass is 216 g/mol. The van der Waals surface area contributed by atoms with Crippen molar-refractivity contribution < 1.29 is 4.79 Å². The first-order valence-electron chi connectivity index (χ1n) is 5.94. The molecule has 86 valence electrons. The first-order valence-corrected chi connectivity index (χ1v) is 5.94. The fourth-order valence-electron chi connectivity index (χ4n) is 1.64. The highest BCUT2D eigenvalue weighted by Gasteiger charge is 2.13. The molecule has 0 radical (unpaired) electrons. The molecule has 0 fully saturated rings. The predicted molar refractivity (Wildman–Crippen MR) is 68.6 cm³/mol. The first-order chi connectivity index (χ1) is 7.69. The van der Waals surface area contributed by atoms with E-state index >= 15 is 0 Å². The molecule has 1 unspecified atom stereocenters. The first kappa shape index (κ1) is 12.7. The van der Waals surface area contributed by atoms with Crippen LogP contribution < -0.4 is 0 Å². The van der Waals surface area contributed by atoms with Crippen molar-refractivity contribution in [3.63, 3.8) is 0 Å². The maximum Gasteiger partial charge on any atom is 0.188 e. The van der Waals surface area contributed by atoms with Crippen LogP contribution in [-0.4, -0.2) is 5.78 Å². The Morgan fingerprint density at radius 1 is 1.31 bits per heavy atom. The van der Waals surface area contributed by atoms with Gasteiger partial charge in [0.25, 0.3) is 0 Å². The number of carbonyl (C=O) groups excluding carboxylic acids is 1. The number of hydrogen-bond acceptors (Lipinski definition) is 1. The van der Waals surface area contributed by atoms with E-state index < -0.39 is 0 Å². The molecule has 1 aromatic carbocycles. The predicted octanol–water partition coefficient (Wildman–Crippen LogP) is 4.25. The molecule has 1 aromatic rings. The van der Waals surface area contributed by atoms with Crippen LogP contribution in [0.3, 0.4) is 0 Å². The molecule has 0 saturated heterocycles. The molecule has 1 rings (SSSR count). The lowest BCUT2D eigenvalue weighted by molar-refractivity contribution is 0.102. The third-order valence-corrected chi connectivity index (χ3v) is 2.94. The van der Waals surface area contributed by atoms with Gasteiger partial charge in [-0.05, 0) is 24.8 Å². The van der Waals surface area contributed by atoms with Crippen molar-refractivity contribution >= 4 is 5.78 Å². The van der Waals surface area contributed by atoms with Crippen LogP contribution in [0.2, 0.25) is 0 Å². The third kappa shape index (κ3) is 3.34. The normalized spacial score (nSPS) is 13.6. The second-order valence-corrected chi connectivity index (χ2v) is 4.23. The quantitative estimate of drug-likeness (QED) is 0.531. The average molecular weight is 216 g/mol. The molecule has 0 bridgehead atoms. The van der Waals surface area contributed by atoms with Crippen LogP contribution >= 0.6 is 0 Å². The van der Waals surface area contributed by atoms with E-state index in [4.69, 9.17) is 0 Å². The lowest BCUT2D eigenvalue weighted by Crippen LogP contribution is -2.06. The van der Waals surface area contributed by atoms with Crippen LogP contribution in [0.1, 0.15) is 44.0 Å². The Balaban J connectivity index is 2.79. The molecule has 0 saturated carbocycles. The molecule has 0 N–H and O–H groups in total. The number of allylic oxidation sites excluding steroid dienone is 2. The minimum atomic E-state index is 0.170. The van der Waals surface area contributed by atoms with Crippen LogP contribution in [0, 0.1) is 5.92 Å². The summed E-state index contributed by atoms with van der Waals surface area (Å²) in [5.41, 5.74) is 1.72. The lowest BCUT2D eigenvalue weighted by atomic mass is 9.93. The summed E-state index contributed by atoms with van der Waals surface area (Å²) < 4.78 is 0. The molecule has 0 aliphatic heterocycles. The fraction of sp³-hybridized carbons (Fsp3) is 0.400. The van der Waals surface area contributed by atoms with Gasteiger partial charge in [-0.15, -0.1) is 0 Å².